The standard InChI is InChI=1S/C12H18N2O/c1-14-6-5-11(9-14)13-8-10-3-2-4-12(15)7-10/h2-4,7,11,13,15H,5-6,8-9H2,1H3/t11-/m0/s1. The van der Waals surface area contributed by atoms with Crippen molar-refractivity contribution in [1.29, 1.82) is 0 Å². The van der Waals surface area contributed by atoms with Crippen LogP contribution in [-0.2, 0) is 6.54 Å². The van der Waals surface area contributed by atoms with Gasteiger partial charge in [0.25, 0.3) is 0 Å². The van der Waals surface area contributed by atoms with E-state index in [1.165, 1.54) is 13.0 Å². The molecule has 2 rings (SSSR count). The summed E-state index contributed by atoms with van der Waals surface area (Å²) in [6.45, 7) is 3.14. The van der Waals surface area contributed by atoms with Crippen LogP contribution in [-0.4, -0.2) is 36.2 Å². The molecule has 1 aromatic carbocycles. The monoisotopic (exact) mass is 206 g/mol. The van der Waals surface area contributed by atoms with Crippen LogP contribution in [0.25, 0.3) is 0 Å². The zero-order valence-electron chi connectivity index (χ0n) is 9.11. The summed E-state index contributed by atoms with van der Waals surface area (Å²) in [7, 11) is 2.15. The van der Waals surface area contributed by atoms with Gasteiger partial charge in [-0.05, 0) is 37.7 Å². The Kier molecular flexibility index (Phi) is 3.23. The zero-order valence-corrected chi connectivity index (χ0v) is 9.11. The van der Waals surface area contributed by atoms with E-state index in [9.17, 15) is 5.11 Å². The first-order chi connectivity index (χ1) is 7.24. The molecule has 1 fully saturated rings. The predicted molar refractivity (Wildman–Crippen MR) is 60.8 cm³/mol. The largest absolute Gasteiger partial charge is 0.508 e. The molecular formula is C12H18N2O. The van der Waals surface area contributed by atoms with Crippen LogP contribution in [0.5, 0.6) is 5.75 Å². The number of nitrogens with one attached hydrogen (secondary N) is 1. The maximum atomic E-state index is 9.31. The van der Waals surface area contributed by atoms with Crippen molar-refractivity contribution in [2.75, 3.05) is 20.1 Å². The third kappa shape index (κ3) is 2.94. The van der Waals surface area contributed by atoms with Crippen molar-refractivity contribution in [2.45, 2.75) is 19.0 Å². The molecule has 0 aliphatic carbocycles. The molecule has 0 aromatic heterocycles. The van der Waals surface area contributed by atoms with Crippen molar-refractivity contribution >= 4 is 0 Å². The summed E-state index contributed by atoms with van der Waals surface area (Å²) >= 11 is 0. The van der Waals surface area contributed by atoms with E-state index in [0.29, 0.717) is 11.8 Å². The fraction of sp³-hybridized carbons (Fsp3) is 0.500. The quantitative estimate of drug-likeness (QED) is 0.779. The normalized spacial score (nSPS) is 22.1. The third-order valence-corrected chi connectivity index (χ3v) is 2.90. The summed E-state index contributed by atoms with van der Waals surface area (Å²) in [5.41, 5.74) is 1.14. The Hall–Kier alpha value is -1.06. The van der Waals surface area contributed by atoms with Crippen molar-refractivity contribution in [3.8, 4) is 5.75 Å². The Morgan fingerprint density at radius 3 is 3.07 bits per heavy atom. The van der Waals surface area contributed by atoms with Crippen LogP contribution >= 0.6 is 0 Å². The maximum Gasteiger partial charge on any atom is 0.115 e. The molecule has 0 unspecified atom stereocenters. The smallest absolute Gasteiger partial charge is 0.115 e. The molecule has 1 aliphatic rings. The summed E-state index contributed by atoms with van der Waals surface area (Å²) in [5, 5.41) is 12.8. The topological polar surface area (TPSA) is 35.5 Å². The summed E-state index contributed by atoms with van der Waals surface area (Å²) in [4.78, 5) is 2.33. The predicted octanol–water partition coefficient (Wildman–Crippen LogP) is 1.19. The molecular weight excluding hydrogens is 188 g/mol. The molecule has 1 aliphatic heterocycles. The van der Waals surface area contributed by atoms with Crippen LogP contribution in [0.4, 0.5) is 0 Å². The molecule has 0 amide bonds. The van der Waals surface area contributed by atoms with Crippen molar-refractivity contribution in [3.63, 3.8) is 0 Å². The number of nitrogens with zero attached hydrogens (tertiary/aromatic N) is 1. The molecule has 0 saturated carbocycles. The molecule has 0 radical (unpaired) electrons. The minimum absolute atomic E-state index is 0.345. The van der Waals surface area contributed by atoms with Gasteiger partial charge in [-0.25, -0.2) is 0 Å². The Morgan fingerprint density at radius 1 is 1.53 bits per heavy atom. The van der Waals surface area contributed by atoms with E-state index in [0.717, 1.165) is 18.7 Å². The average molecular weight is 206 g/mol. The minimum atomic E-state index is 0.345. The van der Waals surface area contributed by atoms with Gasteiger partial charge in [-0.3, -0.25) is 0 Å². The lowest BCUT2D eigenvalue weighted by molar-refractivity contribution is 0.397. The van der Waals surface area contributed by atoms with E-state index in [4.69, 9.17) is 0 Å². The fourth-order valence-corrected chi connectivity index (χ4v) is 2.03. The average Bonchev–Trinajstić information content (AvgIpc) is 2.62. The Bertz CT molecular complexity index is 327. The zero-order chi connectivity index (χ0) is 10.7. The molecule has 82 valence electrons. The molecule has 3 heteroatoms. The van der Waals surface area contributed by atoms with Gasteiger partial charge in [0, 0.05) is 19.1 Å². The van der Waals surface area contributed by atoms with E-state index >= 15 is 0 Å². The number of likely N-dealkylation sites (N-methyl/N-ethyl adjacent to an activating group) is 1. The van der Waals surface area contributed by atoms with Crippen LogP contribution in [0, 0.1) is 0 Å². The van der Waals surface area contributed by atoms with Crippen molar-refractivity contribution < 1.29 is 5.11 Å². The van der Waals surface area contributed by atoms with Crippen LogP contribution in [0.3, 0.4) is 0 Å². The molecule has 1 aromatic rings. The highest BCUT2D eigenvalue weighted by Gasteiger charge is 2.18. The number of hydrogen-bond donors (Lipinski definition) is 2. The van der Waals surface area contributed by atoms with Gasteiger partial charge in [-0.1, -0.05) is 12.1 Å². The lowest BCUT2D eigenvalue weighted by Gasteiger charge is -2.12. The number of phenols is 1. The second-order valence-corrected chi connectivity index (χ2v) is 4.30. The van der Waals surface area contributed by atoms with Crippen molar-refractivity contribution in [1.82, 2.24) is 10.2 Å². The third-order valence-electron chi connectivity index (χ3n) is 2.90. The van der Waals surface area contributed by atoms with E-state index in [-0.39, 0.29) is 0 Å². The Balaban J connectivity index is 1.83. The van der Waals surface area contributed by atoms with Gasteiger partial charge in [0.15, 0.2) is 0 Å². The second kappa shape index (κ2) is 4.64. The number of likely N-dealkylation sites (tertiary alicyclic amines) is 1. The van der Waals surface area contributed by atoms with Gasteiger partial charge >= 0.3 is 0 Å². The van der Waals surface area contributed by atoms with Crippen molar-refractivity contribution in [3.05, 3.63) is 29.8 Å². The van der Waals surface area contributed by atoms with Crippen LogP contribution < -0.4 is 5.32 Å². The number of hydrogen-bond acceptors (Lipinski definition) is 3. The first kappa shape index (κ1) is 10.5. The van der Waals surface area contributed by atoms with E-state index in [1.54, 1.807) is 6.07 Å². The van der Waals surface area contributed by atoms with Gasteiger partial charge in [0.2, 0.25) is 0 Å². The number of benzene rings is 1. The number of aromatic hydroxyl groups is 1. The van der Waals surface area contributed by atoms with Gasteiger partial charge in [0.05, 0.1) is 0 Å². The molecule has 3 nitrogen and oxygen atoms in total. The molecule has 0 bridgehead atoms. The Morgan fingerprint density at radius 2 is 2.40 bits per heavy atom. The first-order valence-electron chi connectivity index (χ1n) is 5.44. The minimum Gasteiger partial charge on any atom is -0.508 e. The lowest BCUT2D eigenvalue weighted by atomic mass is 10.2. The highest BCUT2D eigenvalue weighted by Crippen LogP contribution is 2.12. The van der Waals surface area contributed by atoms with Crippen LogP contribution in [0.2, 0.25) is 0 Å². The van der Waals surface area contributed by atoms with E-state index < -0.39 is 0 Å². The van der Waals surface area contributed by atoms with Gasteiger partial charge in [-0.15, -0.1) is 0 Å². The molecule has 0 spiro atoms. The molecule has 1 heterocycles. The maximum absolute atomic E-state index is 9.31. The second-order valence-electron chi connectivity index (χ2n) is 4.30. The first-order valence-corrected chi connectivity index (χ1v) is 5.44. The fourth-order valence-electron chi connectivity index (χ4n) is 2.03. The highest BCUT2D eigenvalue weighted by atomic mass is 16.3. The number of phenolic OH excluding ortho intramolecular Hbond substituents is 1. The molecule has 2 N–H and O–H groups in total. The molecule has 15 heavy (non-hydrogen) atoms. The van der Waals surface area contributed by atoms with Gasteiger partial charge in [0.1, 0.15) is 5.75 Å². The summed E-state index contributed by atoms with van der Waals surface area (Å²) in [6.07, 6.45) is 1.22. The summed E-state index contributed by atoms with van der Waals surface area (Å²) < 4.78 is 0. The van der Waals surface area contributed by atoms with Crippen LogP contribution in [0.15, 0.2) is 24.3 Å². The van der Waals surface area contributed by atoms with Gasteiger partial charge < -0.3 is 15.3 Å². The van der Waals surface area contributed by atoms with Crippen LogP contribution in [0.1, 0.15) is 12.0 Å². The molecule has 1 atom stereocenters. The van der Waals surface area contributed by atoms with E-state index in [1.807, 2.05) is 18.2 Å². The van der Waals surface area contributed by atoms with Crippen molar-refractivity contribution in [2.24, 2.45) is 0 Å². The highest BCUT2D eigenvalue weighted by molar-refractivity contribution is 5.26. The lowest BCUT2D eigenvalue weighted by Crippen LogP contribution is -2.30. The molecule has 1 saturated heterocycles. The van der Waals surface area contributed by atoms with E-state index in [2.05, 4.69) is 17.3 Å². The SMILES string of the molecule is CN1CC[C@H](NCc2cccc(O)c2)C1. The summed E-state index contributed by atoms with van der Waals surface area (Å²) in [6, 6.07) is 8.02. The Labute approximate surface area is 90.7 Å². The number of rotatable bonds is 3. The van der Waals surface area contributed by atoms with Gasteiger partial charge in [-0.2, -0.15) is 0 Å². The summed E-state index contributed by atoms with van der Waals surface area (Å²) in [5.74, 6) is 0.345.